The van der Waals surface area contributed by atoms with Crippen LogP contribution in [-0.4, -0.2) is 34.4 Å². The van der Waals surface area contributed by atoms with Crippen LogP contribution in [0.25, 0.3) is 0 Å². The van der Waals surface area contributed by atoms with Crippen molar-refractivity contribution in [1.29, 1.82) is 0 Å². The maximum Gasteiger partial charge on any atom is 0.274 e. The van der Waals surface area contributed by atoms with Crippen LogP contribution in [0.1, 0.15) is 40.0 Å². The predicted octanol–water partition coefficient (Wildman–Crippen LogP) is 2.40. The Bertz CT molecular complexity index is 901. The summed E-state index contributed by atoms with van der Waals surface area (Å²) in [5.41, 5.74) is -0.0158. The van der Waals surface area contributed by atoms with Crippen LogP contribution in [0.15, 0.2) is 41.3 Å². The van der Waals surface area contributed by atoms with E-state index >= 15 is 0 Å². The third-order valence-electron chi connectivity index (χ3n) is 4.41. The topological polar surface area (TPSA) is 71.4 Å². The molecule has 1 aromatic heterocycles. The van der Waals surface area contributed by atoms with Crippen LogP contribution in [0.2, 0.25) is 0 Å². The van der Waals surface area contributed by atoms with Crippen LogP contribution < -0.4 is 10.9 Å². The van der Waals surface area contributed by atoms with Gasteiger partial charge in [-0.3, -0.25) is 14.4 Å². The van der Waals surface area contributed by atoms with Crippen molar-refractivity contribution in [2.24, 2.45) is 7.05 Å². The summed E-state index contributed by atoms with van der Waals surface area (Å²) in [5, 5.41) is 2.48. The van der Waals surface area contributed by atoms with Gasteiger partial charge in [-0.1, -0.05) is 6.07 Å². The molecule has 2 amide bonds. The average Bonchev–Trinajstić information content (AvgIpc) is 2.65. The molecule has 1 aliphatic heterocycles. The number of piperidine rings is 1. The fourth-order valence-corrected chi connectivity index (χ4v) is 3.02. The number of nitrogens with zero attached hydrogens (tertiary/aromatic N) is 2. The van der Waals surface area contributed by atoms with Crippen molar-refractivity contribution in [3.63, 3.8) is 0 Å². The first kappa shape index (κ1) is 17.8. The first-order chi connectivity index (χ1) is 12.5. The van der Waals surface area contributed by atoms with Gasteiger partial charge in [0.05, 0.1) is 5.56 Å². The van der Waals surface area contributed by atoms with Crippen LogP contribution >= 0.6 is 0 Å². The Balaban J connectivity index is 1.87. The molecule has 0 aliphatic carbocycles. The highest BCUT2D eigenvalue weighted by Gasteiger charge is 2.20. The van der Waals surface area contributed by atoms with E-state index in [9.17, 15) is 18.8 Å². The third kappa shape index (κ3) is 3.82. The van der Waals surface area contributed by atoms with Crippen LogP contribution in [-0.2, 0) is 7.05 Å². The summed E-state index contributed by atoms with van der Waals surface area (Å²) in [7, 11) is 1.52. The van der Waals surface area contributed by atoms with Crippen molar-refractivity contribution in [3.8, 4) is 0 Å². The lowest BCUT2D eigenvalue weighted by Crippen LogP contribution is -2.36. The molecule has 0 unspecified atom stereocenters. The lowest BCUT2D eigenvalue weighted by atomic mass is 10.1. The number of carbonyl (C=O) groups excluding carboxylic acids is 2. The van der Waals surface area contributed by atoms with Gasteiger partial charge in [-0.15, -0.1) is 0 Å². The zero-order valence-electron chi connectivity index (χ0n) is 14.5. The molecule has 1 N–H and O–H groups in total. The fraction of sp³-hybridized carbons (Fsp3) is 0.316. The molecule has 26 heavy (non-hydrogen) atoms. The Morgan fingerprint density at radius 2 is 1.81 bits per heavy atom. The minimum Gasteiger partial charge on any atom is -0.339 e. The van der Waals surface area contributed by atoms with Gasteiger partial charge in [-0.25, -0.2) is 4.39 Å². The van der Waals surface area contributed by atoms with E-state index in [-0.39, 0.29) is 17.2 Å². The molecule has 2 heterocycles. The van der Waals surface area contributed by atoms with Crippen molar-refractivity contribution in [1.82, 2.24) is 9.47 Å². The van der Waals surface area contributed by atoms with Crippen molar-refractivity contribution in [2.75, 3.05) is 18.4 Å². The van der Waals surface area contributed by atoms with Crippen LogP contribution in [0.5, 0.6) is 0 Å². The Morgan fingerprint density at radius 1 is 1.08 bits per heavy atom. The number of amides is 2. The summed E-state index contributed by atoms with van der Waals surface area (Å²) >= 11 is 0. The molecule has 3 rings (SSSR count). The Morgan fingerprint density at radius 3 is 2.50 bits per heavy atom. The standard InChI is InChI=1S/C19H20FN3O3/c1-22-12-14(18(25)23-8-3-2-4-9-23)11-16(19(22)26)21-17(24)13-6-5-7-15(20)10-13/h5-7,10-12H,2-4,8-9H2,1H3,(H,21,24). The van der Waals surface area contributed by atoms with E-state index in [1.165, 1.54) is 42.1 Å². The van der Waals surface area contributed by atoms with Gasteiger partial charge in [0, 0.05) is 31.9 Å². The summed E-state index contributed by atoms with van der Waals surface area (Å²) in [6, 6.07) is 6.57. The second kappa shape index (κ2) is 7.51. The minimum absolute atomic E-state index is 0.00961. The first-order valence-electron chi connectivity index (χ1n) is 8.52. The number of hydrogen-bond acceptors (Lipinski definition) is 3. The predicted molar refractivity (Wildman–Crippen MR) is 95.8 cm³/mol. The maximum atomic E-state index is 13.3. The molecule has 7 heteroatoms. The second-order valence-electron chi connectivity index (χ2n) is 6.38. The van der Waals surface area contributed by atoms with Gasteiger partial charge in [-0.05, 0) is 43.5 Å². The summed E-state index contributed by atoms with van der Waals surface area (Å²) in [6.45, 7) is 1.37. The highest BCUT2D eigenvalue weighted by molar-refractivity contribution is 6.05. The molecule has 0 atom stereocenters. The normalized spacial score (nSPS) is 14.2. The number of rotatable bonds is 3. The number of carbonyl (C=O) groups is 2. The average molecular weight is 357 g/mol. The number of aromatic nitrogens is 1. The van der Waals surface area contributed by atoms with E-state index in [1.54, 1.807) is 4.90 Å². The van der Waals surface area contributed by atoms with E-state index < -0.39 is 17.3 Å². The zero-order chi connectivity index (χ0) is 18.7. The van der Waals surface area contributed by atoms with Gasteiger partial charge < -0.3 is 14.8 Å². The first-order valence-corrected chi connectivity index (χ1v) is 8.52. The molecule has 1 fully saturated rings. The molecule has 1 saturated heterocycles. The SMILES string of the molecule is Cn1cc(C(=O)N2CCCCC2)cc(NC(=O)c2cccc(F)c2)c1=O. The summed E-state index contributed by atoms with van der Waals surface area (Å²) in [5.74, 6) is -1.31. The van der Waals surface area contributed by atoms with Crippen LogP contribution in [0.3, 0.4) is 0 Å². The Labute approximate surface area is 150 Å². The molecule has 6 nitrogen and oxygen atoms in total. The fourth-order valence-electron chi connectivity index (χ4n) is 3.02. The molecule has 0 bridgehead atoms. The Kier molecular flexibility index (Phi) is 5.16. The minimum atomic E-state index is -0.607. The maximum absolute atomic E-state index is 13.3. The summed E-state index contributed by atoms with van der Waals surface area (Å²) < 4.78 is 14.6. The van der Waals surface area contributed by atoms with Crippen molar-refractivity contribution in [2.45, 2.75) is 19.3 Å². The van der Waals surface area contributed by atoms with Gasteiger partial charge in [0.2, 0.25) is 0 Å². The third-order valence-corrected chi connectivity index (χ3v) is 4.41. The van der Waals surface area contributed by atoms with E-state index in [0.29, 0.717) is 18.7 Å². The van der Waals surface area contributed by atoms with Crippen molar-refractivity contribution in [3.05, 3.63) is 63.8 Å². The molecule has 0 radical (unpaired) electrons. The molecule has 1 aromatic carbocycles. The number of anilines is 1. The number of hydrogen-bond donors (Lipinski definition) is 1. The lowest BCUT2D eigenvalue weighted by molar-refractivity contribution is 0.0723. The highest BCUT2D eigenvalue weighted by atomic mass is 19.1. The number of halogens is 1. The molecule has 0 saturated carbocycles. The second-order valence-corrected chi connectivity index (χ2v) is 6.38. The highest BCUT2D eigenvalue weighted by Crippen LogP contribution is 2.15. The van der Waals surface area contributed by atoms with Crippen molar-refractivity contribution < 1.29 is 14.0 Å². The van der Waals surface area contributed by atoms with Gasteiger partial charge in [0.15, 0.2) is 0 Å². The van der Waals surface area contributed by atoms with E-state index in [0.717, 1.165) is 25.3 Å². The molecular weight excluding hydrogens is 337 g/mol. The monoisotopic (exact) mass is 357 g/mol. The molecule has 1 aliphatic rings. The zero-order valence-corrected chi connectivity index (χ0v) is 14.5. The van der Waals surface area contributed by atoms with E-state index in [4.69, 9.17) is 0 Å². The largest absolute Gasteiger partial charge is 0.339 e. The molecule has 2 aromatic rings. The summed E-state index contributed by atoms with van der Waals surface area (Å²) in [4.78, 5) is 39.0. The smallest absolute Gasteiger partial charge is 0.274 e. The van der Waals surface area contributed by atoms with Gasteiger partial charge in [-0.2, -0.15) is 0 Å². The van der Waals surface area contributed by atoms with Crippen molar-refractivity contribution >= 4 is 17.5 Å². The molecule has 136 valence electrons. The quantitative estimate of drug-likeness (QED) is 0.917. The number of aryl methyl sites for hydroxylation is 1. The molecular formula is C19H20FN3O3. The number of likely N-dealkylation sites (tertiary alicyclic amines) is 1. The number of pyridine rings is 1. The van der Waals surface area contributed by atoms with E-state index in [1.807, 2.05) is 0 Å². The number of nitrogens with one attached hydrogen (secondary N) is 1. The molecule has 0 spiro atoms. The van der Waals surface area contributed by atoms with Gasteiger partial charge in [0.25, 0.3) is 17.4 Å². The van der Waals surface area contributed by atoms with Crippen LogP contribution in [0.4, 0.5) is 10.1 Å². The summed E-state index contributed by atoms with van der Waals surface area (Å²) in [6.07, 6.45) is 4.49. The Hall–Kier alpha value is -2.96. The lowest BCUT2D eigenvalue weighted by Gasteiger charge is -2.27. The van der Waals surface area contributed by atoms with Crippen LogP contribution in [0, 0.1) is 5.82 Å². The van der Waals surface area contributed by atoms with E-state index in [2.05, 4.69) is 5.32 Å². The number of benzene rings is 1. The van der Waals surface area contributed by atoms with Gasteiger partial charge >= 0.3 is 0 Å². The van der Waals surface area contributed by atoms with Gasteiger partial charge in [0.1, 0.15) is 11.5 Å².